The first kappa shape index (κ1) is 26.5. The van der Waals surface area contributed by atoms with E-state index >= 15 is 4.39 Å². The lowest BCUT2D eigenvalue weighted by molar-refractivity contribution is -0.142. The number of para-hydroxylation sites is 1. The van der Waals surface area contributed by atoms with Crippen molar-refractivity contribution in [2.24, 2.45) is 0 Å². The van der Waals surface area contributed by atoms with Crippen molar-refractivity contribution >= 4 is 46.5 Å². The highest BCUT2D eigenvalue weighted by Gasteiger charge is 2.57. The standard InChI is InChI=1S/C21H24BrFN5O7P/c1-12(19(30)32-2)27-36(31,35-13-6-4-3-5-7-13)33-10-15-16(29)21(22,23)20(34-15)28-9-8-14-17(24)25-11-26-18(14)28/h3-9,11-12,15-16,20,29H,10H2,1-2H3,(H,27,31)(H2,24,25,26)/t12-,15+,16?,20+,21?,36?/m0/s1. The Morgan fingerprint density at radius 3 is 2.81 bits per heavy atom. The molecule has 36 heavy (non-hydrogen) atoms. The van der Waals surface area contributed by atoms with Gasteiger partial charge in [0.1, 0.15) is 41.8 Å². The molecule has 0 bridgehead atoms. The molecule has 1 fully saturated rings. The quantitative estimate of drug-likeness (QED) is 0.192. The molecular formula is C21H24BrFN5O7P. The minimum Gasteiger partial charge on any atom is -0.468 e. The first-order valence-electron chi connectivity index (χ1n) is 10.7. The summed E-state index contributed by atoms with van der Waals surface area (Å²) in [4.78, 5) is 19.9. The average Bonchev–Trinajstić information content (AvgIpc) is 3.37. The second-order valence-electron chi connectivity index (χ2n) is 7.94. The number of aliphatic hydroxyl groups excluding tert-OH is 1. The van der Waals surface area contributed by atoms with Crippen molar-refractivity contribution in [1.82, 2.24) is 19.6 Å². The van der Waals surface area contributed by atoms with Gasteiger partial charge >= 0.3 is 13.7 Å². The first-order chi connectivity index (χ1) is 17.1. The third-order valence-corrected chi connectivity index (χ3v) is 7.96. The van der Waals surface area contributed by atoms with Gasteiger partial charge in [0.05, 0.1) is 19.1 Å². The molecular weight excluding hydrogens is 564 g/mol. The van der Waals surface area contributed by atoms with Crippen molar-refractivity contribution < 1.29 is 37.4 Å². The molecule has 4 N–H and O–H groups in total. The average molecular weight is 588 g/mol. The lowest BCUT2D eigenvalue weighted by Crippen LogP contribution is -2.39. The van der Waals surface area contributed by atoms with E-state index in [9.17, 15) is 14.5 Å². The summed E-state index contributed by atoms with van der Waals surface area (Å²) >= 11 is 2.91. The highest BCUT2D eigenvalue weighted by molar-refractivity contribution is 9.10. The van der Waals surface area contributed by atoms with Gasteiger partial charge in [0.25, 0.3) is 0 Å². The number of esters is 1. The molecule has 15 heteroatoms. The Morgan fingerprint density at radius 2 is 2.11 bits per heavy atom. The van der Waals surface area contributed by atoms with E-state index in [2.05, 4.69) is 35.7 Å². The van der Waals surface area contributed by atoms with E-state index in [0.717, 1.165) is 0 Å². The van der Waals surface area contributed by atoms with Crippen LogP contribution in [0.15, 0.2) is 48.9 Å². The predicted octanol–water partition coefficient (Wildman–Crippen LogP) is 2.69. The van der Waals surface area contributed by atoms with Crippen LogP contribution in [0.4, 0.5) is 10.2 Å². The van der Waals surface area contributed by atoms with Crippen LogP contribution in [-0.4, -0.2) is 62.2 Å². The molecule has 0 saturated carbocycles. The molecule has 1 aliphatic rings. The van der Waals surface area contributed by atoms with E-state index in [-0.39, 0.29) is 17.2 Å². The van der Waals surface area contributed by atoms with Crippen LogP contribution in [0.2, 0.25) is 0 Å². The third kappa shape index (κ3) is 5.24. The molecule has 0 radical (unpaired) electrons. The Bertz CT molecular complexity index is 1280. The number of ether oxygens (including phenoxy) is 2. The van der Waals surface area contributed by atoms with Crippen molar-refractivity contribution in [3.63, 3.8) is 0 Å². The summed E-state index contributed by atoms with van der Waals surface area (Å²) in [6.45, 7) is 0.846. The lowest BCUT2D eigenvalue weighted by atomic mass is 10.1. The van der Waals surface area contributed by atoms with Gasteiger partial charge in [-0.2, -0.15) is 5.09 Å². The monoisotopic (exact) mass is 587 g/mol. The number of carbonyl (C=O) groups is 1. The van der Waals surface area contributed by atoms with Gasteiger partial charge in [-0.1, -0.05) is 18.2 Å². The molecule has 0 aliphatic carbocycles. The highest BCUT2D eigenvalue weighted by Crippen LogP contribution is 2.50. The highest BCUT2D eigenvalue weighted by atomic mass is 79.9. The number of nitrogen functional groups attached to an aromatic ring is 1. The Labute approximate surface area is 213 Å². The number of benzene rings is 1. The summed E-state index contributed by atoms with van der Waals surface area (Å²) in [6, 6.07) is 8.62. The fraction of sp³-hybridized carbons (Fsp3) is 0.381. The largest absolute Gasteiger partial charge is 0.468 e. The predicted molar refractivity (Wildman–Crippen MR) is 130 cm³/mol. The number of hydrogen-bond donors (Lipinski definition) is 3. The molecule has 2 aromatic heterocycles. The summed E-state index contributed by atoms with van der Waals surface area (Å²) in [6.07, 6.45) is -1.71. The summed E-state index contributed by atoms with van der Waals surface area (Å²) < 4.78 is 49.5. The van der Waals surface area contributed by atoms with Crippen LogP contribution in [0, 0.1) is 0 Å². The zero-order chi connectivity index (χ0) is 26.1. The second kappa shape index (κ2) is 10.4. The number of alkyl halides is 2. The van der Waals surface area contributed by atoms with Crippen molar-refractivity contribution in [1.29, 1.82) is 0 Å². The zero-order valence-corrected chi connectivity index (χ0v) is 21.6. The summed E-state index contributed by atoms with van der Waals surface area (Å²) in [5.41, 5.74) is 6.14. The topological polar surface area (TPSA) is 160 Å². The third-order valence-electron chi connectivity index (χ3n) is 5.46. The molecule has 0 amide bonds. The lowest BCUT2D eigenvalue weighted by Gasteiger charge is -2.24. The number of carbonyl (C=O) groups excluding carboxylic acids is 1. The number of nitrogens with two attached hydrogens (primary N) is 1. The number of anilines is 1. The number of aromatic nitrogens is 3. The van der Waals surface area contributed by atoms with Crippen LogP contribution in [0.5, 0.6) is 5.75 Å². The maximum atomic E-state index is 15.7. The molecule has 1 saturated heterocycles. The number of fused-ring (bicyclic) bond motifs is 1. The van der Waals surface area contributed by atoms with Crippen LogP contribution >= 0.6 is 23.7 Å². The fourth-order valence-electron chi connectivity index (χ4n) is 3.63. The molecule has 0 spiro atoms. The maximum absolute atomic E-state index is 15.7. The van der Waals surface area contributed by atoms with Gasteiger partial charge in [-0.05, 0) is 41.1 Å². The van der Waals surface area contributed by atoms with Gasteiger partial charge in [0, 0.05) is 6.20 Å². The van der Waals surface area contributed by atoms with Gasteiger partial charge < -0.3 is 29.4 Å². The molecule has 3 unspecified atom stereocenters. The van der Waals surface area contributed by atoms with E-state index in [4.69, 9.17) is 19.5 Å². The molecule has 3 aromatic rings. The Hall–Kier alpha value is -2.61. The van der Waals surface area contributed by atoms with Gasteiger partial charge in [-0.3, -0.25) is 9.32 Å². The number of nitrogens with zero attached hydrogens (tertiary/aromatic N) is 3. The van der Waals surface area contributed by atoms with Crippen molar-refractivity contribution in [2.45, 2.75) is 36.0 Å². The van der Waals surface area contributed by atoms with E-state index in [0.29, 0.717) is 5.39 Å². The number of halogens is 2. The van der Waals surface area contributed by atoms with Gasteiger partial charge in [-0.15, -0.1) is 0 Å². The van der Waals surface area contributed by atoms with Crippen LogP contribution < -0.4 is 15.3 Å². The van der Waals surface area contributed by atoms with E-state index in [1.54, 1.807) is 24.3 Å². The minimum atomic E-state index is -4.23. The van der Waals surface area contributed by atoms with Crippen molar-refractivity contribution in [3.05, 3.63) is 48.9 Å². The zero-order valence-electron chi connectivity index (χ0n) is 19.2. The number of nitrogens with one attached hydrogen (secondary N) is 1. The number of aliphatic hydroxyl groups is 1. The molecule has 3 heterocycles. The van der Waals surface area contributed by atoms with Crippen LogP contribution in [-0.2, 0) is 23.4 Å². The summed E-state index contributed by atoms with van der Waals surface area (Å²) in [7, 11) is -3.06. The van der Waals surface area contributed by atoms with Gasteiger partial charge in [0.15, 0.2) is 6.23 Å². The number of rotatable bonds is 9. The van der Waals surface area contributed by atoms with Gasteiger partial charge in [0.2, 0.25) is 4.58 Å². The smallest absolute Gasteiger partial charge is 0.459 e. The molecule has 4 rings (SSSR count). The Morgan fingerprint density at radius 1 is 1.39 bits per heavy atom. The van der Waals surface area contributed by atoms with Crippen molar-refractivity contribution in [3.8, 4) is 5.75 Å². The van der Waals surface area contributed by atoms with Crippen LogP contribution in [0.1, 0.15) is 13.2 Å². The van der Waals surface area contributed by atoms with Crippen LogP contribution in [0.3, 0.4) is 0 Å². The summed E-state index contributed by atoms with van der Waals surface area (Å²) in [5, 5.41) is 13.6. The molecule has 6 atom stereocenters. The second-order valence-corrected chi connectivity index (χ2v) is 10.8. The molecule has 12 nitrogen and oxygen atoms in total. The Kier molecular flexibility index (Phi) is 7.64. The maximum Gasteiger partial charge on any atom is 0.459 e. The first-order valence-corrected chi connectivity index (χ1v) is 13.0. The van der Waals surface area contributed by atoms with Crippen molar-refractivity contribution in [2.75, 3.05) is 19.5 Å². The number of methoxy groups -OCH3 is 1. The normalized spacial score (nSPS) is 26.4. The molecule has 194 valence electrons. The minimum absolute atomic E-state index is 0.188. The fourth-order valence-corrected chi connectivity index (χ4v) is 5.76. The Balaban J connectivity index is 1.55. The SMILES string of the molecule is COC(=O)[C@H](C)NP(=O)(OC[C@H]1O[C@@H](n2ccc3c(N)ncnc32)C(F)(Br)C1O)Oc1ccccc1. The van der Waals surface area contributed by atoms with Crippen LogP contribution in [0.25, 0.3) is 11.0 Å². The molecule has 1 aliphatic heterocycles. The molecule has 1 aromatic carbocycles. The van der Waals surface area contributed by atoms with E-state index < -0.39 is 49.4 Å². The number of hydrogen-bond acceptors (Lipinski definition) is 10. The summed E-state index contributed by atoms with van der Waals surface area (Å²) in [5.74, 6) is -0.328. The van der Waals surface area contributed by atoms with E-state index in [1.165, 1.54) is 43.3 Å². The van der Waals surface area contributed by atoms with E-state index in [1.807, 2.05) is 0 Å². The van der Waals surface area contributed by atoms with Gasteiger partial charge in [-0.25, -0.2) is 18.9 Å².